The summed E-state index contributed by atoms with van der Waals surface area (Å²) in [6, 6.07) is 10.7. The fraction of sp³-hybridized carbons (Fsp3) is 0.450. The lowest BCUT2D eigenvalue weighted by Gasteiger charge is -2.37. The highest BCUT2D eigenvalue weighted by Gasteiger charge is 2.33. The number of aryl methyl sites for hydroxylation is 1. The lowest BCUT2D eigenvalue weighted by Crippen LogP contribution is -2.44. The molecule has 4 heteroatoms. The lowest BCUT2D eigenvalue weighted by atomic mass is 9.90. The van der Waals surface area contributed by atoms with Crippen LogP contribution in [0.5, 0.6) is 0 Å². The zero-order valence-electron chi connectivity index (χ0n) is 14.5. The van der Waals surface area contributed by atoms with E-state index in [-0.39, 0.29) is 11.9 Å². The van der Waals surface area contributed by atoms with Gasteiger partial charge in [0, 0.05) is 11.4 Å². The van der Waals surface area contributed by atoms with Crippen LogP contribution in [-0.2, 0) is 11.2 Å². The second-order valence-electron chi connectivity index (χ2n) is 6.43. The molecule has 0 bridgehead atoms. The molecule has 2 aromatic rings. The molecule has 1 aromatic heterocycles. The minimum Gasteiger partial charge on any atom is -0.330 e. The molecule has 1 aliphatic heterocycles. The van der Waals surface area contributed by atoms with E-state index in [1.165, 1.54) is 21.6 Å². The molecular weight excluding hydrogens is 316 g/mol. The molecule has 3 nitrogen and oxygen atoms in total. The monoisotopic (exact) mass is 342 g/mol. The Kier molecular flexibility index (Phi) is 5.69. The SMILES string of the molecule is CCCCNCC(=O)N1CCc2sccc2[C@@H]1c1ccccc1C. The van der Waals surface area contributed by atoms with Gasteiger partial charge in [-0.05, 0) is 54.4 Å². The number of carbonyl (C=O) groups excluding carboxylic acids is 1. The van der Waals surface area contributed by atoms with Crippen molar-refractivity contribution in [1.29, 1.82) is 0 Å². The maximum absolute atomic E-state index is 12.9. The number of carbonyl (C=O) groups is 1. The molecule has 0 spiro atoms. The van der Waals surface area contributed by atoms with Gasteiger partial charge in [0.2, 0.25) is 5.91 Å². The van der Waals surface area contributed by atoms with Crippen LogP contribution in [0.3, 0.4) is 0 Å². The maximum Gasteiger partial charge on any atom is 0.237 e. The van der Waals surface area contributed by atoms with Crippen molar-refractivity contribution in [1.82, 2.24) is 10.2 Å². The number of hydrogen-bond donors (Lipinski definition) is 1. The molecule has 1 aromatic carbocycles. The number of unbranched alkanes of at least 4 members (excludes halogenated alkanes) is 1. The van der Waals surface area contributed by atoms with Crippen molar-refractivity contribution in [3.05, 3.63) is 57.3 Å². The van der Waals surface area contributed by atoms with E-state index in [9.17, 15) is 4.79 Å². The maximum atomic E-state index is 12.9. The van der Waals surface area contributed by atoms with Crippen molar-refractivity contribution in [2.45, 2.75) is 39.2 Å². The highest BCUT2D eigenvalue weighted by atomic mass is 32.1. The minimum absolute atomic E-state index is 0.0571. The fourth-order valence-corrected chi connectivity index (χ4v) is 4.32. The third-order valence-corrected chi connectivity index (χ3v) is 5.75. The number of benzene rings is 1. The number of amides is 1. The van der Waals surface area contributed by atoms with Gasteiger partial charge in [0.15, 0.2) is 0 Å². The van der Waals surface area contributed by atoms with Crippen molar-refractivity contribution in [2.24, 2.45) is 0 Å². The van der Waals surface area contributed by atoms with E-state index in [1.54, 1.807) is 0 Å². The first-order valence-electron chi connectivity index (χ1n) is 8.84. The Labute approximate surface area is 148 Å². The average molecular weight is 343 g/mol. The summed E-state index contributed by atoms with van der Waals surface area (Å²) in [4.78, 5) is 16.3. The van der Waals surface area contributed by atoms with Crippen LogP contribution in [0.1, 0.15) is 47.4 Å². The largest absolute Gasteiger partial charge is 0.330 e. The zero-order chi connectivity index (χ0) is 16.9. The van der Waals surface area contributed by atoms with Crippen molar-refractivity contribution in [3.8, 4) is 0 Å². The van der Waals surface area contributed by atoms with E-state index < -0.39 is 0 Å². The van der Waals surface area contributed by atoms with E-state index in [0.717, 1.165) is 32.4 Å². The Morgan fingerprint density at radius 1 is 1.29 bits per heavy atom. The van der Waals surface area contributed by atoms with Crippen LogP contribution in [0, 0.1) is 6.92 Å². The van der Waals surface area contributed by atoms with E-state index in [1.807, 2.05) is 11.3 Å². The first kappa shape index (κ1) is 17.2. The van der Waals surface area contributed by atoms with Crippen LogP contribution in [0.15, 0.2) is 35.7 Å². The molecule has 0 saturated carbocycles. The number of nitrogens with zero attached hydrogens (tertiary/aromatic N) is 1. The van der Waals surface area contributed by atoms with Gasteiger partial charge in [-0.1, -0.05) is 37.6 Å². The predicted octanol–water partition coefficient (Wildman–Crippen LogP) is 3.92. The highest BCUT2D eigenvalue weighted by Crippen LogP contribution is 2.38. The second-order valence-corrected chi connectivity index (χ2v) is 7.43. The summed E-state index contributed by atoms with van der Waals surface area (Å²) >= 11 is 1.81. The van der Waals surface area contributed by atoms with Crippen LogP contribution in [0.25, 0.3) is 0 Å². The van der Waals surface area contributed by atoms with Crippen LogP contribution >= 0.6 is 11.3 Å². The highest BCUT2D eigenvalue weighted by molar-refractivity contribution is 7.10. The molecule has 3 rings (SSSR count). The number of nitrogens with one attached hydrogen (secondary N) is 1. The van der Waals surface area contributed by atoms with Gasteiger partial charge < -0.3 is 10.2 Å². The molecule has 1 aliphatic rings. The van der Waals surface area contributed by atoms with Gasteiger partial charge in [0.05, 0.1) is 12.6 Å². The van der Waals surface area contributed by atoms with Gasteiger partial charge in [-0.3, -0.25) is 4.79 Å². The zero-order valence-corrected chi connectivity index (χ0v) is 15.4. The second kappa shape index (κ2) is 7.95. The predicted molar refractivity (Wildman–Crippen MR) is 101 cm³/mol. The first-order chi connectivity index (χ1) is 11.7. The molecule has 24 heavy (non-hydrogen) atoms. The Hall–Kier alpha value is -1.65. The molecule has 128 valence electrons. The first-order valence-corrected chi connectivity index (χ1v) is 9.72. The fourth-order valence-electron chi connectivity index (χ4n) is 3.41. The van der Waals surface area contributed by atoms with Crippen molar-refractivity contribution in [3.63, 3.8) is 0 Å². The number of thiophene rings is 1. The number of fused-ring (bicyclic) bond motifs is 1. The van der Waals surface area contributed by atoms with Crippen LogP contribution in [0.4, 0.5) is 0 Å². The summed E-state index contributed by atoms with van der Waals surface area (Å²) in [7, 11) is 0. The smallest absolute Gasteiger partial charge is 0.237 e. The molecule has 0 aliphatic carbocycles. The normalized spacial score (nSPS) is 16.9. The van der Waals surface area contributed by atoms with Crippen LogP contribution in [0.2, 0.25) is 0 Å². The van der Waals surface area contributed by atoms with Gasteiger partial charge >= 0.3 is 0 Å². The van der Waals surface area contributed by atoms with Gasteiger partial charge in [-0.25, -0.2) is 0 Å². The molecular formula is C20H26N2OS. The molecule has 2 heterocycles. The Morgan fingerprint density at radius 2 is 2.12 bits per heavy atom. The van der Waals surface area contributed by atoms with E-state index in [2.05, 4.69) is 59.8 Å². The van der Waals surface area contributed by atoms with E-state index >= 15 is 0 Å². The minimum atomic E-state index is 0.0571. The van der Waals surface area contributed by atoms with Crippen LogP contribution < -0.4 is 5.32 Å². The average Bonchev–Trinajstić information content (AvgIpc) is 3.07. The summed E-state index contributed by atoms with van der Waals surface area (Å²) in [5.74, 6) is 0.205. The van der Waals surface area contributed by atoms with Gasteiger partial charge in [-0.15, -0.1) is 11.3 Å². The van der Waals surface area contributed by atoms with Crippen molar-refractivity contribution >= 4 is 17.2 Å². The summed E-state index contributed by atoms with van der Waals surface area (Å²) < 4.78 is 0. The molecule has 0 unspecified atom stereocenters. The topological polar surface area (TPSA) is 32.3 Å². The van der Waals surface area contributed by atoms with Crippen molar-refractivity contribution < 1.29 is 4.79 Å². The van der Waals surface area contributed by atoms with Gasteiger partial charge in [0.25, 0.3) is 0 Å². The standard InChI is InChI=1S/C20H26N2OS/c1-3-4-11-21-14-19(23)22-12-9-18-17(10-13-24-18)20(22)16-8-6-5-7-15(16)2/h5-8,10,13,20-21H,3-4,9,11-12,14H2,1-2H3/t20-/m0/s1. The van der Waals surface area contributed by atoms with E-state index in [0.29, 0.717) is 6.54 Å². The third-order valence-electron chi connectivity index (χ3n) is 4.75. The molecule has 0 radical (unpaired) electrons. The molecule has 1 atom stereocenters. The summed E-state index contributed by atoms with van der Waals surface area (Å²) in [5.41, 5.74) is 3.81. The van der Waals surface area contributed by atoms with Crippen LogP contribution in [-0.4, -0.2) is 30.4 Å². The Morgan fingerprint density at radius 3 is 2.92 bits per heavy atom. The lowest BCUT2D eigenvalue weighted by molar-refractivity contribution is -0.132. The third kappa shape index (κ3) is 3.55. The van der Waals surface area contributed by atoms with Crippen molar-refractivity contribution in [2.75, 3.05) is 19.6 Å². The molecule has 1 N–H and O–H groups in total. The Bertz CT molecular complexity index is 694. The Balaban J connectivity index is 1.85. The molecule has 0 fully saturated rings. The van der Waals surface area contributed by atoms with Gasteiger partial charge in [0.1, 0.15) is 0 Å². The molecule has 0 saturated heterocycles. The number of rotatable bonds is 6. The van der Waals surface area contributed by atoms with E-state index in [4.69, 9.17) is 0 Å². The number of hydrogen-bond acceptors (Lipinski definition) is 3. The molecule has 1 amide bonds. The summed E-state index contributed by atoms with van der Waals surface area (Å²) in [6.07, 6.45) is 3.23. The van der Waals surface area contributed by atoms with Gasteiger partial charge in [-0.2, -0.15) is 0 Å². The summed E-state index contributed by atoms with van der Waals surface area (Å²) in [5, 5.41) is 5.46. The quantitative estimate of drug-likeness (QED) is 0.807. The summed E-state index contributed by atoms with van der Waals surface area (Å²) in [6.45, 7) is 6.45.